The van der Waals surface area contributed by atoms with E-state index in [1.807, 2.05) is 42.5 Å². The molecule has 1 aromatic heterocycles. The predicted molar refractivity (Wildman–Crippen MR) is 181 cm³/mol. The lowest BCUT2D eigenvalue weighted by molar-refractivity contribution is -0.117. The summed E-state index contributed by atoms with van der Waals surface area (Å²) in [5, 5.41) is 15.3. The van der Waals surface area contributed by atoms with Crippen LogP contribution in [0, 0.1) is 0 Å². The van der Waals surface area contributed by atoms with Gasteiger partial charge in [0.15, 0.2) is 0 Å². The number of fused-ring (bicyclic) bond motifs is 3. The van der Waals surface area contributed by atoms with Crippen molar-refractivity contribution in [3.63, 3.8) is 0 Å². The maximum atomic E-state index is 13.5. The summed E-state index contributed by atoms with van der Waals surface area (Å²) >= 11 is 12.3. The van der Waals surface area contributed by atoms with Gasteiger partial charge in [-0.15, -0.1) is 0 Å². The molecule has 11 heteroatoms. The molecule has 2 atom stereocenters. The first-order valence-electron chi connectivity index (χ1n) is 14.8. The minimum Gasteiger partial charge on any atom is -0.493 e. The summed E-state index contributed by atoms with van der Waals surface area (Å²) < 4.78 is 11.6. The molecule has 0 saturated heterocycles. The van der Waals surface area contributed by atoms with E-state index in [-0.39, 0.29) is 19.1 Å². The van der Waals surface area contributed by atoms with Crippen LogP contribution in [-0.4, -0.2) is 59.5 Å². The fourth-order valence-electron chi connectivity index (χ4n) is 5.38. The Hall–Kier alpha value is -4.57. The number of hydrogen-bond donors (Lipinski definition) is 3. The number of halogens is 2. The van der Waals surface area contributed by atoms with E-state index in [2.05, 4.69) is 22.0 Å². The van der Waals surface area contributed by atoms with Crippen molar-refractivity contribution >= 4 is 52.8 Å². The molecule has 0 spiro atoms. The van der Waals surface area contributed by atoms with Crippen LogP contribution in [0.3, 0.4) is 0 Å². The summed E-state index contributed by atoms with van der Waals surface area (Å²) in [6.07, 6.45) is 4.30. The normalized spacial score (nSPS) is 15.4. The van der Waals surface area contributed by atoms with Gasteiger partial charge in [0, 0.05) is 57.9 Å². The summed E-state index contributed by atoms with van der Waals surface area (Å²) in [4.78, 5) is 34.6. The number of aromatic nitrogens is 1. The minimum absolute atomic E-state index is 0.0789. The zero-order chi connectivity index (χ0) is 32.6. The Balaban J connectivity index is 1.28. The molecule has 238 valence electrons. The number of aliphatic imine (C=N–C) groups is 1. The van der Waals surface area contributed by atoms with Crippen LogP contribution >= 0.6 is 23.2 Å². The number of nitrogens with zero attached hydrogens (tertiary/aromatic N) is 2. The highest BCUT2D eigenvalue weighted by Crippen LogP contribution is 2.40. The van der Waals surface area contributed by atoms with E-state index in [9.17, 15) is 14.7 Å². The number of ether oxygens (including phenoxy) is 2. The molecule has 2 heterocycles. The van der Waals surface area contributed by atoms with Gasteiger partial charge >= 0.3 is 6.09 Å². The van der Waals surface area contributed by atoms with Gasteiger partial charge in [0.05, 0.1) is 12.7 Å². The van der Waals surface area contributed by atoms with E-state index in [1.165, 1.54) is 6.20 Å². The second kappa shape index (κ2) is 15.1. The van der Waals surface area contributed by atoms with Crippen molar-refractivity contribution in [1.82, 2.24) is 15.2 Å². The molecule has 5 rings (SSSR count). The van der Waals surface area contributed by atoms with Gasteiger partial charge in [0.2, 0.25) is 0 Å². The highest BCUT2D eigenvalue weighted by molar-refractivity contribution is 6.31. The van der Waals surface area contributed by atoms with Crippen molar-refractivity contribution in [3.8, 4) is 11.5 Å². The topological polar surface area (TPSA) is 116 Å². The number of H-pyrrole nitrogens is 1. The first-order valence-corrected chi connectivity index (χ1v) is 15.5. The molecule has 0 aliphatic carbocycles. The number of nitrogens with one attached hydrogen (secondary N) is 2. The molecule has 2 unspecified atom stereocenters. The molecule has 2 amide bonds. The van der Waals surface area contributed by atoms with Gasteiger partial charge in [-0.1, -0.05) is 41.4 Å². The van der Waals surface area contributed by atoms with Gasteiger partial charge in [0.1, 0.15) is 17.5 Å². The second-order valence-corrected chi connectivity index (χ2v) is 11.6. The molecular formula is C35H34Cl2N4O5. The lowest BCUT2D eigenvalue weighted by Crippen LogP contribution is -2.42. The van der Waals surface area contributed by atoms with E-state index < -0.39 is 18.2 Å². The molecule has 46 heavy (non-hydrogen) atoms. The van der Waals surface area contributed by atoms with Crippen LogP contribution in [0.4, 0.5) is 4.79 Å². The van der Waals surface area contributed by atoms with Crippen LogP contribution in [0.15, 0.2) is 95.6 Å². The minimum atomic E-state index is -0.792. The number of rotatable bonds is 11. The predicted octanol–water partition coefficient (Wildman–Crippen LogP) is 7.03. The number of hydrogen-bond acceptors (Lipinski definition) is 6. The Labute approximate surface area is 277 Å². The number of carbonyl (C=O) groups excluding carboxylic acids is 2. The Kier molecular flexibility index (Phi) is 10.8. The zero-order valence-corrected chi connectivity index (χ0v) is 26.7. The molecule has 9 nitrogen and oxygen atoms in total. The molecule has 0 bridgehead atoms. The summed E-state index contributed by atoms with van der Waals surface area (Å²) in [6.45, 7) is 5.85. The Morgan fingerprint density at radius 1 is 1.11 bits per heavy atom. The molecule has 0 fully saturated rings. The van der Waals surface area contributed by atoms with Gasteiger partial charge < -0.3 is 24.9 Å². The van der Waals surface area contributed by atoms with E-state index in [0.29, 0.717) is 46.5 Å². The highest BCUT2D eigenvalue weighted by atomic mass is 35.5. The quantitative estimate of drug-likeness (QED) is 0.0907. The largest absolute Gasteiger partial charge is 0.493 e. The van der Waals surface area contributed by atoms with Crippen LogP contribution in [0.25, 0.3) is 10.9 Å². The van der Waals surface area contributed by atoms with E-state index >= 15 is 0 Å². The number of amides is 2. The first kappa shape index (κ1) is 32.8. The van der Waals surface area contributed by atoms with Crippen molar-refractivity contribution in [3.05, 3.63) is 118 Å². The van der Waals surface area contributed by atoms with Crippen LogP contribution < -0.4 is 14.8 Å². The van der Waals surface area contributed by atoms with Gasteiger partial charge in [-0.2, -0.15) is 0 Å². The van der Waals surface area contributed by atoms with Crippen molar-refractivity contribution in [2.75, 3.05) is 19.7 Å². The van der Waals surface area contributed by atoms with Gasteiger partial charge in [0.25, 0.3) is 5.91 Å². The van der Waals surface area contributed by atoms with E-state index in [0.717, 1.165) is 27.7 Å². The summed E-state index contributed by atoms with van der Waals surface area (Å²) in [5.74, 6) is 0.693. The molecule has 1 aliphatic heterocycles. The molecule has 1 aliphatic rings. The number of aliphatic hydroxyl groups excluding tert-OH is 1. The standard InChI is InChI=1S/C35H34Cl2N4O5/c1-3-22(14-17-38-2)34(43)39-21-26(42)16-19-45-27-9-4-23(5-10-27)33-32-29(30-20-25(37)8-13-31(30)40-32)15-18-41(33)35(44)46-28-11-6-24(36)7-12-28/h3-14,17,20,26,33,40,42H,2,15-16,18-19,21H2,1H3,(H,39,43). The monoisotopic (exact) mass is 660 g/mol. The maximum absolute atomic E-state index is 13.5. The fourth-order valence-corrected chi connectivity index (χ4v) is 5.67. The number of benzene rings is 3. The summed E-state index contributed by atoms with van der Waals surface area (Å²) in [7, 11) is 0. The number of allylic oxidation sites excluding steroid dienone is 1. The van der Waals surface area contributed by atoms with Crippen LogP contribution in [-0.2, 0) is 11.2 Å². The van der Waals surface area contributed by atoms with Crippen molar-refractivity contribution < 1.29 is 24.2 Å². The SMILES string of the molecule is C=NC=CC(=CC)C(=O)NCC(O)CCOc1ccc(C2c3[nH]c4ccc(Cl)cc4c3CCN2C(=O)Oc2ccc(Cl)cc2)cc1. The maximum Gasteiger partial charge on any atom is 0.416 e. The summed E-state index contributed by atoms with van der Waals surface area (Å²) in [5.41, 5.74) is 4.23. The number of aliphatic hydroxyl groups is 1. The Bertz CT molecular complexity index is 1770. The molecule has 3 aromatic carbocycles. The average Bonchev–Trinajstić information content (AvgIpc) is 3.43. The molecular weight excluding hydrogens is 627 g/mol. The van der Waals surface area contributed by atoms with Crippen LogP contribution in [0.2, 0.25) is 10.0 Å². The lowest BCUT2D eigenvalue weighted by atomic mass is 9.92. The lowest BCUT2D eigenvalue weighted by Gasteiger charge is -2.35. The van der Waals surface area contributed by atoms with Gasteiger partial charge in [-0.3, -0.25) is 14.7 Å². The molecule has 0 radical (unpaired) electrons. The Morgan fingerprint density at radius 3 is 2.54 bits per heavy atom. The molecule has 4 aromatic rings. The van der Waals surface area contributed by atoms with Crippen LogP contribution in [0.1, 0.15) is 36.2 Å². The molecule has 3 N–H and O–H groups in total. The van der Waals surface area contributed by atoms with Crippen LogP contribution in [0.5, 0.6) is 11.5 Å². The first-order chi connectivity index (χ1) is 22.3. The average molecular weight is 662 g/mol. The van der Waals surface area contributed by atoms with Gasteiger partial charge in [-0.05, 0) is 91.9 Å². The molecule has 0 saturated carbocycles. The van der Waals surface area contributed by atoms with E-state index in [4.69, 9.17) is 32.7 Å². The Morgan fingerprint density at radius 2 is 1.83 bits per heavy atom. The summed E-state index contributed by atoms with van der Waals surface area (Å²) in [6, 6.07) is 19.4. The smallest absolute Gasteiger partial charge is 0.416 e. The third-order valence-electron chi connectivity index (χ3n) is 7.69. The van der Waals surface area contributed by atoms with E-state index in [1.54, 1.807) is 48.2 Å². The zero-order valence-electron chi connectivity index (χ0n) is 25.2. The second-order valence-electron chi connectivity index (χ2n) is 10.7. The van der Waals surface area contributed by atoms with Crippen molar-refractivity contribution in [1.29, 1.82) is 0 Å². The van der Waals surface area contributed by atoms with Crippen molar-refractivity contribution in [2.24, 2.45) is 4.99 Å². The number of aromatic amines is 1. The third kappa shape index (κ3) is 7.80. The highest BCUT2D eigenvalue weighted by Gasteiger charge is 2.35. The van der Waals surface area contributed by atoms with Gasteiger partial charge in [-0.25, -0.2) is 4.79 Å². The third-order valence-corrected chi connectivity index (χ3v) is 8.18. The number of carbonyl (C=O) groups is 2. The fraction of sp³-hybridized carbons (Fsp3) is 0.229. The van der Waals surface area contributed by atoms with Crippen molar-refractivity contribution in [2.45, 2.75) is 31.9 Å².